The fraction of sp³-hybridized carbons (Fsp3) is 0.889. The van der Waals surface area contributed by atoms with Crippen LogP contribution in [0, 0.1) is 0 Å². The summed E-state index contributed by atoms with van der Waals surface area (Å²) in [5, 5.41) is 2.97. The number of hydrogen-bond donors (Lipinski definition) is 1. The van der Waals surface area contributed by atoms with E-state index in [0.29, 0.717) is 13.0 Å². The fourth-order valence-corrected chi connectivity index (χ4v) is 3.70. The first-order valence-electron chi connectivity index (χ1n) is 9.41. The van der Waals surface area contributed by atoms with Crippen molar-refractivity contribution in [1.29, 1.82) is 0 Å². The molecule has 0 aromatic heterocycles. The van der Waals surface area contributed by atoms with Gasteiger partial charge in [0.05, 0.1) is 6.54 Å². The molecule has 0 radical (unpaired) electrons. The predicted molar refractivity (Wildman–Crippen MR) is 92.2 cm³/mol. The van der Waals surface area contributed by atoms with Crippen LogP contribution in [0.5, 0.6) is 0 Å². The third-order valence-corrected chi connectivity index (χ3v) is 5.21. The number of carbonyl (C=O) groups is 2. The zero-order valence-electron chi connectivity index (χ0n) is 14.7. The van der Waals surface area contributed by atoms with E-state index in [1.54, 1.807) is 4.90 Å². The van der Waals surface area contributed by atoms with Crippen LogP contribution in [0.15, 0.2) is 0 Å². The molecule has 0 spiro atoms. The minimum atomic E-state index is -0.0134. The molecule has 1 saturated heterocycles. The second-order valence-electron chi connectivity index (χ2n) is 7.10. The molecule has 2 fully saturated rings. The fourth-order valence-electron chi connectivity index (χ4n) is 3.70. The van der Waals surface area contributed by atoms with E-state index in [4.69, 9.17) is 0 Å². The highest BCUT2D eigenvalue weighted by atomic mass is 16.2. The van der Waals surface area contributed by atoms with Gasteiger partial charge in [0.2, 0.25) is 11.8 Å². The van der Waals surface area contributed by atoms with Crippen LogP contribution in [0.3, 0.4) is 0 Å². The standard InChI is InChI=1S/C18H33N3O2/c1-20(16-9-4-2-5-10-16)13-8-12-19-17(22)15-21-14-7-3-6-11-18(21)23/h16H,2-15H2,1H3,(H,19,22). The van der Waals surface area contributed by atoms with Gasteiger partial charge in [0.25, 0.3) is 0 Å². The number of carbonyl (C=O) groups excluding carboxylic acids is 2. The molecule has 1 saturated carbocycles. The van der Waals surface area contributed by atoms with Gasteiger partial charge in [0.1, 0.15) is 0 Å². The number of rotatable bonds is 7. The average molecular weight is 323 g/mol. The maximum absolute atomic E-state index is 12.0. The van der Waals surface area contributed by atoms with Gasteiger partial charge in [-0.05, 0) is 45.7 Å². The number of amides is 2. The number of nitrogens with zero attached hydrogens (tertiary/aromatic N) is 2. The maximum atomic E-state index is 12.0. The Bertz CT molecular complexity index is 380. The van der Waals surface area contributed by atoms with Crippen LogP contribution in [-0.2, 0) is 9.59 Å². The average Bonchev–Trinajstić information content (AvgIpc) is 2.77. The number of likely N-dealkylation sites (tertiary alicyclic amines) is 1. The second kappa shape index (κ2) is 9.91. The zero-order valence-corrected chi connectivity index (χ0v) is 14.7. The molecule has 0 bridgehead atoms. The SMILES string of the molecule is CN(CCCNC(=O)CN1CCCCCC1=O)C1CCCCC1. The molecule has 2 rings (SSSR count). The van der Waals surface area contributed by atoms with E-state index < -0.39 is 0 Å². The summed E-state index contributed by atoms with van der Waals surface area (Å²) in [5.41, 5.74) is 0. The van der Waals surface area contributed by atoms with E-state index in [0.717, 1.165) is 44.8 Å². The zero-order chi connectivity index (χ0) is 16.5. The van der Waals surface area contributed by atoms with Gasteiger partial charge in [0.15, 0.2) is 0 Å². The van der Waals surface area contributed by atoms with E-state index in [1.807, 2.05) is 0 Å². The summed E-state index contributed by atoms with van der Waals surface area (Å²) < 4.78 is 0. The molecule has 23 heavy (non-hydrogen) atoms. The van der Waals surface area contributed by atoms with Crippen molar-refractivity contribution in [2.24, 2.45) is 0 Å². The van der Waals surface area contributed by atoms with Gasteiger partial charge in [-0.2, -0.15) is 0 Å². The topological polar surface area (TPSA) is 52.7 Å². The number of nitrogens with one attached hydrogen (secondary N) is 1. The Morgan fingerprint density at radius 2 is 1.91 bits per heavy atom. The summed E-state index contributed by atoms with van der Waals surface area (Å²) >= 11 is 0. The molecule has 1 N–H and O–H groups in total. The minimum Gasteiger partial charge on any atom is -0.355 e. The van der Waals surface area contributed by atoms with Gasteiger partial charge in [-0.15, -0.1) is 0 Å². The van der Waals surface area contributed by atoms with Gasteiger partial charge in [-0.25, -0.2) is 0 Å². The molecule has 0 atom stereocenters. The summed E-state index contributed by atoms with van der Waals surface area (Å²) in [4.78, 5) is 28.0. The highest BCUT2D eigenvalue weighted by Gasteiger charge is 2.19. The summed E-state index contributed by atoms with van der Waals surface area (Å²) in [7, 11) is 2.20. The first-order chi connectivity index (χ1) is 11.2. The summed E-state index contributed by atoms with van der Waals surface area (Å²) in [6.45, 7) is 2.71. The largest absolute Gasteiger partial charge is 0.355 e. The third-order valence-electron chi connectivity index (χ3n) is 5.21. The van der Waals surface area contributed by atoms with Crippen molar-refractivity contribution in [3.8, 4) is 0 Å². The van der Waals surface area contributed by atoms with Crippen molar-refractivity contribution < 1.29 is 9.59 Å². The molecular formula is C18H33N3O2. The molecule has 1 heterocycles. The van der Waals surface area contributed by atoms with Crippen LogP contribution in [0.2, 0.25) is 0 Å². The van der Waals surface area contributed by atoms with Crippen LogP contribution in [0.1, 0.15) is 64.2 Å². The van der Waals surface area contributed by atoms with Crippen LogP contribution in [0.4, 0.5) is 0 Å². The lowest BCUT2D eigenvalue weighted by Crippen LogP contribution is -2.41. The van der Waals surface area contributed by atoms with E-state index in [9.17, 15) is 9.59 Å². The van der Waals surface area contributed by atoms with Crippen LogP contribution in [0.25, 0.3) is 0 Å². The molecule has 0 aromatic rings. The lowest BCUT2D eigenvalue weighted by Gasteiger charge is -2.31. The molecule has 5 heteroatoms. The highest BCUT2D eigenvalue weighted by Crippen LogP contribution is 2.21. The van der Waals surface area contributed by atoms with Crippen molar-refractivity contribution in [2.75, 3.05) is 33.2 Å². The molecule has 5 nitrogen and oxygen atoms in total. The summed E-state index contributed by atoms with van der Waals surface area (Å²) in [6, 6.07) is 0.731. The van der Waals surface area contributed by atoms with E-state index in [2.05, 4.69) is 17.3 Å². The van der Waals surface area contributed by atoms with Crippen molar-refractivity contribution in [1.82, 2.24) is 15.1 Å². The van der Waals surface area contributed by atoms with E-state index in [1.165, 1.54) is 32.1 Å². The summed E-state index contributed by atoms with van der Waals surface area (Å²) in [6.07, 6.45) is 11.4. The molecule has 2 amide bonds. The van der Waals surface area contributed by atoms with Crippen molar-refractivity contribution >= 4 is 11.8 Å². The van der Waals surface area contributed by atoms with Gasteiger partial charge < -0.3 is 15.1 Å². The Labute approximate surface area is 140 Å². The predicted octanol–water partition coefficient (Wildman–Crippen LogP) is 2.16. The first kappa shape index (κ1) is 18.2. The second-order valence-corrected chi connectivity index (χ2v) is 7.10. The van der Waals surface area contributed by atoms with E-state index in [-0.39, 0.29) is 18.4 Å². The van der Waals surface area contributed by atoms with Gasteiger partial charge >= 0.3 is 0 Å². The molecule has 0 aromatic carbocycles. The Balaban J connectivity index is 1.58. The van der Waals surface area contributed by atoms with Gasteiger partial charge in [-0.1, -0.05) is 25.7 Å². The van der Waals surface area contributed by atoms with Crippen LogP contribution >= 0.6 is 0 Å². The molecule has 1 aliphatic heterocycles. The lowest BCUT2D eigenvalue weighted by atomic mass is 9.94. The van der Waals surface area contributed by atoms with Crippen molar-refractivity contribution in [3.05, 3.63) is 0 Å². The normalized spacial score (nSPS) is 20.6. The summed E-state index contributed by atoms with van der Waals surface area (Å²) in [5.74, 6) is 0.121. The Kier molecular flexibility index (Phi) is 7.86. The quantitative estimate of drug-likeness (QED) is 0.731. The highest BCUT2D eigenvalue weighted by molar-refractivity contribution is 5.84. The van der Waals surface area contributed by atoms with Gasteiger partial charge in [-0.3, -0.25) is 9.59 Å². The molecular weight excluding hydrogens is 290 g/mol. The van der Waals surface area contributed by atoms with Crippen LogP contribution in [-0.4, -0.2) is 60.9 Å². The van der Waals surface area contributed by atoms with Gasteiger partial charge in [0, 0.05) is 25.6 Å². The van der Waals surface area contributed by atoms with Crippen LogP contribution < -0.4 is 5.32 Å². The smallest absolute Gasteiger partial charge is 0.239 e. The minimum absolute atomic E-state index is 0.0134. The first-order valence-corrected chi connectivity index (χ1v) is 9.41. The Hall–Kier alpha value is -1.10. The molecule has 0 unspecified atom stereocenters. The number of hydrogen-bond acceptors (Lipinski definition) is 3. The molecule has 132 valence electrons. The third kappa shape index (κ3) is 6.50. The molecule has 1 aliphatic carbocycles. The Morgan fingerprint density at radius 1 is 1.17 bits per heavy atom. The van der Waals surface area contributed by atoms with Crippen molar-refractivity contribution in [2.45, 2.75) is 70.3 Å². The van der Waals surface area contributed by atoms with Crippen molar-refractivity contribution in [3.63, 3.8) is 0 Å². The monoisotopic (exact) mass is 323 g/mol. The Morgan fingerprint density at radius 3 is 2.70 bits per heavy atom. The van der Waals surface area contributed by atoms with E-state index >= 15 is 0 Å². The molecule has 2 aliphatic rings. The maximum Gasteiger partial charge on any atom is 0.239 e. The lowest BCUT2D eigenvalue weighted by molar-refractivity contribution is -0.135.